The van der Waals surface area contributed by atoms with Gasteiger partial charge in [-0.15, -0.1) is 0 Å². The summed E-state index contributed by atoms with van der Waals surface area (Å²) in [6.45, 7) is 4.82. The number of esters is 4. The van der Waals surface area contributed by atoms with Gasteiger partial charge in [-0.2, -0.15) is 0 Å². The number of hydrogen-bond donors (Lipinski definition) is 1. The zero-order valence-corrected chi connectivity index (χ0v) is 20.0. The van der Waals surface area contributed by atoms with Gasteiger partial charge < -0.3 is 28.8 Å². The van der Waals surface area contributed by atoms with E-state index < -0.39 is 74.8 Å². The van der Waals surface area contributed by atoms with Crippen molar-refractivity contribution in [1.29, 1.82) is 0 Å². The van der Waals surface area contributed by atoms with E-state index in [1.807, 2.05) is 0 Å². The van der Waals surface area contributed by atoms with Gasteiger partial charge in [0.25, 0.3) is 4.93 Å². The van der Waals surface area contributed by atoms with Gasteiger partial charge in [-0.3, -0.25) is 19.2 Å². The van der Waals surface area contributed by atoms with Gasteiger partial charge >= 0.3 is 23.9 Å². The first-order valence-corrected chi connectivity index (χ1v) is 11.5. The van der Waals surface area contributed by atoms with Gasteiger partial charge in [0.1, 0.15) is 12.7 Å². The van der Waals surface area contributed by atoms with E-state index in [1.165, 1.54) is 18.2 Å². The molecule has 1 aromatic carbocycles. The molecular weight excluding hydrogens is 476 g/mol. The molecule has 13 heteroatoms. The second kappa shape index (κ2) is 10.5. The summed E-state index contributed by atoms with van der Waals surface area (Å²) in [5.41, 5.74) is 0.512. The Kier molecular flexibility index (Phi) is 8.40. The molecule has 1 saturated heterocycles. The zero-order valence-electron chi connectivity index (χ0n) is 19.2. The van der Waals surface area contributed by atoms with Crippen LogP contribution in [0, 0.1) is 6.92 Å². The standard InChI is InChI=1S/C21H26O12S/c1-11-7-6-8-16(9-11)34(27,28)21(26)18(30-13(3)23)17(10-29-12(2)22)33-20(32-15(5)25)19(21)31-14(4)24/h6-9,17-20,26H,10H2,1-5H3/t17-,18-,19+,20-,21-/m1/s1. The third-order valence-electron chi connectivity index (χ3n) is 4.76. The van der Waals surface area contributed by atoms with Crippen LogP contribution in [0.25, 0.3) is 0 Å². The second-order valence-corrected chi connectivity index (χ2v) is 9.72. The lowest BCUT2D eigenvalue weighted by molar-refractivity contribution is -0.308. The quantitative estimate of drug-likeness (QED) is 0.397. The Bertz CT molecular complexity index is 1070. The molecule has 12 nitrogen and oxygen atoms in total. The molecule has 0 amide bonds. The number of hydrogen-bond acceptors (Lipinski definition) is 12. The predicted molar refractivity (Wildman–Crippen MR) is 111 cm³/mol. The molecule has 0 saturated carbocycles. The van der Waals surface area contributed by atoms with Crippen molar-refractivity contribution in [2.24, 2.45) is 0 Å². The molecule has 0 spiro atoms. The lowest BCUT2D eigenvalue weighted by Crippen LogP contribution is -2.72. The van der Waals surface area contributed by atoms with E-state index in [2.05, 4.69) is 0 Å². The summed E-state index contributed by atoms with van der Waals surface area (Å²) in [6, 6.07) is 5.42. The molecule has 1 aliphatic rings. The topological polar surface area (TPSA) is 169 Å². The highest BCUT2D eigenvalue weighted by molar-refractivity contribution is 7.92. The monoisotopic (exact) mass is 502 g/mol. The largest absolute Gasteiger partial charge is 0.463 e. The van der Waals surface area contributed by atoms with Crippen molar-refractivity contribution < 1.29 is 56.4 Å². The van der Waals surface area contributed by atoms with Crippen LogP contribution < -0.4 is 0 Å². The van der Waals surface area contributed by atoms with E-state index in [0.29, 0.717) is 5.56 Å². The number of ether oxygens (including phenoxy) is 5. The molecule has 34 heavy (non-hydrogen) atoms. The van der Waals surface area contributed by atoms with Gasteiger partial charge in [0.15, 0.2) is 6.10 Å². The summed E-state index contributed by atoms with van der Waals surface area (Å²) in [4.78, 5) is 43.2. The lowest BCUT2D eigenvalue weighted by atomic mass is 9.97. The van der Waals surface area contributed by atoms with E-state index >= 15 is 0 Å². The number of carbonyl (C=O) groups is 4. The number of benzene rings is 1. The van der Waals surface area contributed by atoms with Crippen molar-refractivity contribution >= 4 is 33.7 Å². The Balaban J connectivity index is 2.81. The predicted octanol–water partition coefficient (Wildman–Crippen LogP) is 0.172. The summed E-state index contributed by atoms with van der Waals surface area (Å²) in [5.74, 6) is -3.83. The Labute approximate surface area is 196 Å². The van der Waals surface area contributed by atoms with Crippen molar-refractivity contribution in [2.75, 3.05) is 6.61 Å². The van der Waals surface area contributed by atoms with Crippen LogP contribution in [0.2, 0.25) is 0 Å². The summed E-state index contributed by atoms with van der Waals surface area (Å²) in [5, 5.41) is 11.8. The summed E-state index contributed by atoms with van der Waals surface area (Å²) >= 11 is 0. The van der Waals surface area contributed by atoms with Crippen molar-refractivity contribution in [1.82, 2.24) is 0 Å². The molecule has 2 rings (SSSR count). The zero-order chi connectivity index (χ0) is 25.8. The van der Waals surface area contributed by atoms with Crippen LogP contribution >= 0.6 is 0 Å². The van der Waals surface area contributed by atoms with Crippen LogP contribution in [-0.4, -0.2) is 73.5 Å². The molecule has 0 bridgehead atoms. The van der Waals surface area contributed by atoms with Crippen molar-refractivity contribution in [3.63, 3.8) is 0 Å². The second-order valence-electron chi connectivity index (χ2n) is 7.59. The third kappa shape index (κ3) is 5.72. The molecule has 188 valence electrons. The van der Waals surface area contributed by atoms with Gasteiger partial charge in [-0.1, -0.05) is 12.1 Å². The van der Waals surface area contributed by atoms with E-state index in [9.17, 15) is 32.7 Å². The van der Waals surface area contributed by atoms with Gasteiger partial charge in [0.05, 0.1) is 4.90 Å². The van der Waals surface area contributed by atoms with Crippen molar-refractivity contribution in [2.45, 2.75) is 69.0 Å². The normalized spacial score (nSPS) is 26.8. The minimum atomic E-state index is -4.92. The average Bonchev–Trinajstić information content (AvgIpc) is 2.70. The van der Waals surface area contributed by atoms with Crippen LogP contribution in [0.15, 0.2) is 29.2 Å². The highest BCUT2D eigenvalue weighted by Crippen LogP contribution is 2.42. The number of carbonyl (C=O) groups excluding carboxylic acids is 4. The van der Waals surface area contributed by atoms with E-state index in [-0.39, 0.29) is 0 Å². The van der Waals surface area contributed by atoms with Gasteiger partial charge in [0, 0.05) is 27.7 Å². The third-order valence-corrected chi connectivity index (χ3v) is 6.96. The van der Waals surface area contributed by atoms with Crippen LogP contribution in [0.4, 0.5) is 0 Å². The first-order valence-electron chi connectivity index (χ1n) is 10.0. The van der Waals surface area contributed by atoms with E-state index in [0.717, 1.165) is 27.7 Å². The molecule has 5 atom stereocenters. The summed E-state index contributed by atoms with van der Waals surface area (Å²) in [7, 11) is -4.92. The molecule has 1 fully saturated rings. The SMILES string of the molecule is CC(=O)OC[C@H]1O[C@@H](OC(C)=O)[C@H](OC(C)=O)[C@](O)(S(=O)(=O)c2cccc(C)c2)[C@@H]1OC(C)=O. The molecule has 0 aromatic heterocycles. The Morgan fingerprint density at radius 1 is 0.941 bits per heavy atom. The van der Waals surface area contributed by atoms with Gasteiger partial charge in [-0.25, -0.2) is 8.42 Å². The maximum Gasteiger partial charge on any atom is 0.305 e. The fourth-order valence-corrected chi connectivity index (χ4v) is 5.40. The first kappa shape index (κ1) is 27.2. The molecule has 1 aliphatic heterocycles. The molecule has 1 aromatic rings. The Hall–Kier alpha value is -3.03. The Morgan fingerprint density at radius 3 is 2.00 bits per heavy atom. The maximum atomic E-state index is 13.8. The average molecular weight is 502 g/mol. The number of rotatable bonds is 7. The molecule has 1 heterocycles. The highest BCUT2D eigenvalue weighted by atomic mass is 32.2. The molecule has 0 aliphatic carbocycles. The van der Waals surface area contributed by atoms with Crippen molar-refractivity contribution in [3.05, 3.63) is 29.8 Å². The molecule has 1 N–H and O–H groups in total. The smallest absolute Gasteiger partial charge is 0.305 e. The van der Waals surface area contributed by atoms with E-state index in [4.69, 9.17) is 23.7 Å². The summed E-state index contributed by atoms with van der Waals surface area (Å²) < 4.78 is 53.3. The van der Waals surface area contributed by atoms with E-state index in [1.54, 1.807) is 13.0 Å². The minimum absolute atomic E-state index is 0.404. The first-order chi connectivity index (χ1) is 15.7. The van der Waals surface area contributed by atoms with Gasteiger partial charge in [-0.05, 0) is 24.6 Å². The Morgan fingerprint density at radius 2 is 1.50 bits per heavy atom. The van der Waals surface area contributed by atoms with Crippen molar-refractivity contribution in [3.8, 4) is 0 Å². The molecular formula is C21H26O12S. The number of sulfone groups is 1. The maximum absolute atomic E-state index is 13.8. The molecule has 0 radical (unpaired) electrons. The summed E-state index contributed by atoms with van der Waals surface area (Å²) in [6.07, 6.45) is -7.84. The fourth-order valence-electron chi connectivity index (χ4n) is 3.45. The van der Waals surface area contributed by atoms with Crippen LogP contribution in [-0.2, 0) is 52.7 Å². The van der Waals surface area contributed by atoms with Gasteiger partial charge in [0.2, 0.25) is 22.2 Å². The molecule has 0 unspecified atom stereocenters. The van der Waals surface area contributed by atoms with Crippen LogP contribution in [0.3, 0.4) is 0 Å². The van der Waals surface area contributed by atoms with Crippen LogP contribution in [0.5, 0.6) is 0 Å². The highest BCUT2D eigenvalue weighted by Gasteiger charge is 2.68. The minimum Gasteiger partial charge on any atom is -0.463 e. The lowest BCUT2D eigenvalue weighted by Gasteiger charge is -2.48. The fraction of sp³-hybridized carbons (Fsp3) is 0.524. The number of aryl methyl sites for hydroxylation is 1. The number of aliphatic hydroxyl groups is 1. The van der Waals surface area contributed by atoms with Crippen LogP contribution in [0.1, 0.15) is 33.3 Å².